The van der Waals surface area contributed by atoms with E-state index >= 15 is 0 Å². The molecule has 4 nitrogen and oxygen atoms in total. The lowest BCUT2D eigenvalue weighted by Crippen LogP contribution is -2.54. The maximum atomic E-state index is 11.4. The lowest BCUT2D eigenvalue weighted by Gasteiger charge is -2.61. The molecule has 0 amide bonds. The number of aliphatic hydroxyl groups excluding tert-OH is 2. The molecule has 0 bridgehead atoms. The van der Waals surface area contributed by atoms with Gasteiger partial charge in [-0.2, -0.15) is 0 Å². The predicted octanol–water partition coefficient (Wildman–Crippen LogP) is 4.75. The largest absolute Gasteiger partial charge is 0.396 e. The van der Waals surface area contributed by atoms with Crippen LogP contribution in [-0.2, 0) is 4.74 Å². The Hall–Kier alpha value is -0.160. The fraction of sp³-hybridized carbons (Fsp3) is 1.00. The fourth-order valence-electron chi connectivity index (χ4n) is 9.76. The average Bonchev–Trinajstić information content (AvgIpc) is 3.17. The molecule has 0 aromatic rings. The molecule has 5 rings (SSSR count). The first-order valence-electron chi connectivity index (χ1n) is 13.3. The Balaban J connectivity index is 1.35. The van der Waals surface area contributed by atoms with Gasteiger partial charge in [0.1, 0.15) is 0 Å². The van der Waals surface area contributed by atoms with Crippen LogP contribution >= 0.6 is 0 Å². The van der Waals surface area contributed by atoms with Crippen molar-refractivity contribution in [3.8, 4) is 0 Å². The molecule has 4 aliphatic carbocycles. The van der Waals surface area contributed by atoms with Crippen LogP contribution in [0.25, 0.3) is 0 Å². The van der Waals surface area contributed by atoms with Crippen molar-refractivity contribution in [2.24, 2.45) is 52.3 Å². The van der Waals surface area contributed by atoms with Crippen molar-refractivity contribution in [3.63, 3.8) is 0 Å². The summed E-state index contributed by atoms with van der Waals surface area (Å²) in [5.41, 5.74) is 0.685. The lowest BCUT2D eigenvalue weighted by atomic mass is 9.44. The maximum absolute atomic E-state index is 11.4. The number of hydrogen-bond donors (Lipinski definition) is 3. The summed E-state index contributed by atoms with van der Waals surface area (Å²) in [6, 6.07) is 0. The van der Waals surface area contributed by atoms with Gasteiger partial charge in [0.05, 0.1) is 12.2 Å². The Labute approximate surface area is 189 Å². The van der Waals surface area contributed by atoms with E-state index in [2.05, 4.69) is 20.8 Å². The molecule has 0 aromatic heterocycles. The number of fused-ring (bicyclic) bond motifs is 7. The van der Waals surface area contributed by atoms with Gasteiger partial charge < -0.3 is 20.1 Å². The van der Waals surface area contributed by atoms with E-state index in [1.54, 1.807) is 0 Å². The highest BCUT2D eigenvalue weighted by atomic mass is 16.6. The first-order valence-corrected chi connectivity index (χ1v) is 13.3. The Bertz CT molecular complexity index is 682. The van der Waals surface area contributed by atoms with Gasteiger partial charge in [-0.3, -0.25) is 0 Å². The van der Waals surface area contributed by atoms with Crippen LogP contribution in [0.1, 0.15) is 91.9 Å². The summed E-state index contributed by atoms with van der Waals surface area (Å²) in [5.74, 6) is 2.81. The van der Waals surface area contributed by atoms with Crippen LogP contribution in [0.15, 0.2) is 0 Å². The molecule has 5 aliphatic rings. The minimum absolute atomic E-state index is 0.0743. The van der Waals surface area contributed by atoms with Crippen LogP contribution in [0, 0.1) is 52.3 Å². The molecule has 178 valence electrons. The number of hydrogen-bond acceptors (Lipinski definition) is 4. The van der Waals surface area contributed by atoms with Crippen molar-refractivity contribution in [2.75, 3.05) is 6.61 Å². The molecule has 4 heteroatoms. The molecule has 1 aliphatic heterocycles. The molecular weight excluding hydrogens is 388 g/mol. The Morgan fingerprint density at radius 2 is 1.74 bits per heavy atom. The van der Waals surface area contributed by atoms with Gasteiger partial charge in [0.15, 0.2) is 5.79 Å². The SMILES string of the molecule is C[C@@H](CO)CC[C@]1(O)O[C@H]2C[C@@H]3[C@@H]4CC[C@H]5C[C@@H](O)CC[C@]5(C)[C@H]4CC[C@]3(C)[C@H]2[C@@H]1C. The van der Waals surface area contributed by atoms with Crippen LogP contribution < -0.4 is 0 Å². The third kappa shape index (κ3) is 3.29. The average molecular weight is 435 g/mol. The molecule has 0 unspecified atom stereocenters. The molecule has 1 saturated heterocycles. The zero-order chi connectivity index (χ0) is 22.2. The second-order valence-corrected chi connectivity index (χ2v) is 13.0. The quantitative estimate of drug-likeness (QED) is 0.597. The first kappa shape index (κ1) is 22.6. The first-order chi connectivity index (χ1) is 14.6. The van der Waals surface area contributed by atoms with E-state index in [-0.39, 0.29) is 36.1 Å². The van der Waals surface area contributed by atoms with E-state index in [0.29, 0.717) is 29.6 Å². The van der Waals surface area contributed by atoms with E-state index in [4.69, 9.17) is 4.74 Å². The molecule has 3 N–H and O–H groups in total. The fourth-order valence-corrected chi connectivity index (χ4v) is 9.76. The van der Waals surface area contributed by atoms with Crippen molar-refractivity contribution >= 4 is 0 Å². The summed E-state index contributed by atoms with van der Waals surface area (Å²) in [6.45, 7) is 9.54. The predicted molar refractivity (Wildman–Crippen MR) is 121 cm³/mol. The number of rotatable bonds is 4. The van der Waals surface area contributed by atoms with Gasteiger partial charge in [-0.25, -0.2) is 0 Å². The number of aliphatic hydroxyl groups is 3. The summed E-state index contributed by atoms with van der Waals surface area (Å²) in [6.07, 6.45) is 11.1. The van der Waals surface area contributed by atoms with E-state index in [1.807, 2.05) is 6.92 Å². The third-order valence-corrected chi connectivity index (χ3v) is 11.6. The Morgan fingerprint density at radius 1 is 1.00 bits per heavy atom. The highest BCUT2D eigenvalue weighted by Gasteiger charge is 2.68. The van der Waals surface area contributed by atoms with Crippen molar-refractivity contribution in [3.05, 3.63) is 0 Å². The standard InChI is InChI=1S/C27H46O4/c1-16(15-28)7-12-27(30)17(2)24-23(31-27)14-22-20-6-5-18-13-19(29)8-10-25(18,3)21(20)9-11-26(22,24)4/h16-24,28-30H,5-15H2,1-4H3/t16-,17+,18+,19+,20-,21+,22-,23+,24+,25+,26+,27+/m1/s1. The van der Waals surface area contributed by atoms with Crippen LogP contribution in [0.5, 0.6) is 0 Å². The Kier molecular flexibility index (Phi) is 5.61. The second-order valence-electron chi connectivity index (χ2n) is 13.0. The summed E-state index contributed by atoms with van der Waals surface area (Å²) >= 11 is 0. The summed E-state index contributed by atoms with van der Waals surface area (Å²) in [7, 11) is 0. The molecular formula is C27H46O4. The van der Waals surface area contributed by atoms with Gasteiger partial charge in [0, 0.05) is 18.9 Å². The molecule has 1 heterocycles. The second kappa shape index (κ2) is 7.68. The smallest absolute Gasteiger partial charge is 0.168 e. The summed E-state index contributed by atoms with van der Waals surface area (Å²) in [4.78, 5) is 0. The molecule has 31 heavy (non-hydrogen) atoms. The highest BCUT2D eigenvalue weighted by Crippen LogP contribution is 2.70. The van der Waals surface area contributed by atoms with E-state index in [0.717, 1.165) is 37.5 Å². The minimum atomic E-state index is -1.02. The maximum Gasteiger partial charge on any atom is 0.168 e. The van der Waals surface area contributed by atoms with E-state index in [9.17, 15) is 15.3 Å². The number of ether oxygens (including phenoxy) is 1. The van der Waals surface area contributed by atoms with Gasteiger partial charge >= 0.3 is 0 Å². The molecule has 0 aromatic carbocycles. The monoisotopic (exact) mass is 434 g/mol. The van der Waals surface area contributed by atoms with Gasteiger partial charge in [-0.05, 0) is 104 Å². The van der Waals surface area contributed by atoms with Crippen LogP contribution in [-0.4, -0.2) is 39.9 Å². The van der Waals surface area contributed by atoms with Crippen LogP contribution in [0.3, 0.4) is 0 Å². The topological polar surface area (TPSA) is 69.9 Å². The van der Waals surface area contributed by atoms with Crippen LogP contribution in [0.2, 0.25) is 0 Å². The van der Waals surface area contributed by atoms with Crippen molar-refractivity contribution in [1.29, 1.82) is 0 Å². The molecule has 5 fully saturated rings. The van der Waals surface area contributed by atoms with Crippen molar-refractivity contribution < 1.29 is 20.1 Å². The summed E-state index contributed by atoms with van der Waals surface area (Å²) < 4.78 is 6.50. The van der Waals surface area contributed by atoms with Gasteiger partial charge in [0.25, 0.3) is 0 Å². The van der Waals surface area contributed by atoms with Crippen LogP contribution in [0.4, 0.5) is 0 Å². The lowest BCUT2D eigenvalue weighted by molar-refractivity contribution is -0.222. The summed E-state index contributed by atoms with van der Waals surface area (Å²) in [5, 5.41) is 31.1. The van der Waals surface area contributed by atoms with Crippen molar-refractivity contribution in [1.82, 2.24) is 0 Å². The molecule has 0 spiro atoms. The normalized spacial score (nSPS) is 57.0. The van der Waals surface area contributed by atoms with Gasteiger partial charge in [0.2, 0.25) is 0 Å². The third-order valence-electron chi connectivity index (χ3n) is 11.6. The zero-order valence-electron chi connectivity index (χ0n) is 20.2. The zero-order valence-corrected chi connectivity index (χ0v) is 20.2. The molecule has 4 saturated carbocycles. The van der Waals surface area contributed by atoms with E-state index < -0.39 is 5.79 Å². The van der Waals surface area contributed by atoms with Gasteiger partial charge in [-0.1, -0.05) is 27.7 Å². The molecule has 12 atom stereocenters. The highest BCUT2D eigenvalue weighted by molar-refractivity contribution is 5.14. The minimum Gasteiger partial charge on any atom is -0.396 e. The van der Waals surface area contributed by atoms with E-state index in [1.165, 1.54) is 32.1 Å². The Morgan fingerprint density at radius 3 is 2.48 bits per heavy atom. The van der Waals surface area contributed by atoms with Crippen molar-refractivity contribution in [2.45, 2.75) is 110 Å². The van der Waals surface area contributed by atoms with Gasteiger partial charge in [-0.15, -0.1) is 0 Å². The molecule has 0 radical (unpaired) electrons.